The highest BCUT2D eigenvalue weighted by atomic mass is 16.5. The Balaban J connectivity index is 1.64. The van der Waals surface area contributed by atoms with Crippen molar-refractivity contribution in [1.29, 1.82) is 0 Å². The highest BCUT2D eigenvalue weighted by molar-refractivity contribution is 6.07. The average Bonchev–Trinajstić information content (AvgIpc) is 2.68. The number of anilines is 1. The lowest BCUT2D eigenvalue weighted by Crippen LogP contribution is -2.37. The van der Waals surface area contributed by atoms with Crippen LogP contribution in [-0.2, 0) is 4.74 Å². The molecule has 0 bridgehead atoms. The van der Waals surface area contributed by atoms with Crippen molar-refractivity contribution >= 4 is 17.8 Å². The summed E-state index contributed by atoms with van der Waals surface area (Å²) in [7, 11) is 0. The van der Waals surface area contributed by atoms with Crippen LogP contribution in [0.2, 0.25) is 0 Å². The van der Waals surface area contributed by atoms with Gasteiger partial charge >= 0.3 is 0 Å². The molecule has 0 saturated carbocycles. The molecule has 0 unspecified atom stereocenters. The van der Waals surface area contributed by atoms with Crippen LogP contribution in [0.15, 0.2) is 42.7 Å². The van der Waals surface area contributed by atoms with Crippen molar-refractivity contribution in [2.24, 2.45) is 0 Å². The van der Waals surface area contributed by atoms with E-state index in [0.29, 0.717) is 37.1 Å². The number of aromatic nitrogens is 2. The minimum Gasteiger partial charge on any atom is -0.494 e. The first kappa shape index (κ1) is 17.1. The number of hydrogen-bond acceptors (Lipinski definition) is 6. The second-order valence-corrected chi connectivity index (χ2v) is 5.57. The molecule has 0 N–H and O–H groups in total. The monoisotopic (exact) mass is 339 g/mol. The molecule has 0 radical (unpaired) electrons. The van der Waals surface area contributed by atoms with E-state index < -0.39 is 0 Å². The van der Waals surface area contributed by atoms with E-state index in [-0.39, 0.29) is 5.78 Å². The molecule has 0 aliphatic carbocycles. The van der Waals surface area contributed by atoms with Crippen molar-refractivity contribution in [1.82, 2.24) is 9.97 Å². The number of rotatable bonds is 6. The number of ketones is 1. The lowest BCUT2D eigenvalue weighted by molar-refractivity contribution is 0.104. The predicted octanol–water partition coefficient (Wildman–Crippen LogP) is 2.61. The number of carbonyl (C=O) groups excluding carboxylic acids is 1. The molecule has 25 heavy (non-hydrogen) atoms. The SMILES string of the molecule is CCOc1cccc(C(=O)/C=C/c2cnc(N3CCOCC3)nc2)c1. The zero-order chi connectivity index (χ0) is 17.5. The average molecular weight is 339 g/mol. The Morgan fingerprint density at radius 1 is 1.28 bits per heavy atom. The summed E-state index contributed by atoms with van der Waals surface area (Å²) in [6, 6.07) is 7.16. The number of allylic oxidation sites excluding steroid dienone is 1. The summed E-state index contributed by atoms with van der Waals surface area (Å²) in [4.78, 5) is 23.1. The van der Waals surface area contributed by atoms with Gasteiger partial charge in [-0.25, -0.2) is 9.97 Å². The molecule has 0 atom stereocenters. The molecule has 6 nitrogen and oxygen atoms in total. The highest BCUT2D eigenvalue weighted by Gasteiger charge is 2.13. The van der Waals surface area contributed by atoms with Gasteiger partial charge in [0.05, 0.1) is 19.8 Å². The molecule has 2 heterocycles. The topological polar surface area (TPSA) is 64.5 Å². The zero-order valence-electron chi connectivity index (χ0n) is 14.2. The molecule has 0 spiro atoms. The van der Waals surface area contributed by atoms with E-state index in [9.17, 15) is 4.79 Å². The van der Waals surface area contributed by atoms with Crippen LogP contribution in [0.3, 0.4) is 0 Å². The minimum atomic E-state index is -0.0844. The van der Waals surface area contributed by atoms with Crippen molar-refractivity contribution in [3.05, 3.63) is 53.9 Å². The molecular formula is C19H21N3O3. The first-order valence-corrected chi connectivity index (χ1v) is 8.36. The van der Waals surface area contributed by atoms with Crippen LogP contribution in [-0.4, -0.2) is 48.7 Å². The first-order valence-electron chi connectivity index (χ1n) is 8.36. The lowest BCUT2D eigenvalue weighted by atomic mass is 10.1. The smallest absolute Gasteiger partial charge is 0.225 e. The molecule has 1 fully saturated rings. The predicted molar refractivity (Wildman–Crippen MR) is 96.0 cm³/mol. The Hall–Kier alpha value is -2.73. The quantitative estimate of drug-likeness (QED) is 0.595. The van der Waals surface area contributed by atoms with Gasteiger partial charge in [0.25, 0.3) is 0 Å². The second-order valence-electron chi connectivity index (χ2n) is 5.57. The van der Waals surface area contributed by atoms with E-state index in [1.165, 1.54) is 6.08 Å². The molecule has 3 rings (SSSR count). The number of hydrogen-bond donors (Lipinski definition) is 0. The van der Waals surface area contributed by atoms with Crippen LogP contribution >= 0.6 is 0 Å². The Morgan fingerprint density at radius 2 is 2.04 bits per heavy atom. The Morgan fingerprint density at radius 3 is 2.76 bits per heavy atom. The van der Waals surface area contributed by atoms with E-state index in [0.717, 1.165) is 18.7 Å². The Bertz CT molecular complexity index is 738. The molecule has 1 aromatic carbocycles. The van der Waals surface area contributed by atoms with E-state index in [2.05, 4.69) is 14.9 Å². The van der Waals surface area contributed by atoms with Gasteiger partial charge in [0.15, 0.2) is 5.78 Å². The van der Waals surface area contributed by atoms with E-state index >= 15 is 0 Å². The molecule has 0 amide bonds. The van der Waals surface area contributed by atoms with Crippen molar-refractivity contribution in [3.63, 3.8) is 0 Å². The van der Waals surface area contributed by atoms with Gasteiger partial charge in [-0.15, -0.1) is 0 Å². The first-order chi connectivity index (χ1) is 12.3. The number of carbonyl (C=O) groups is 1. The Labute approximate surface area is 147 Å². The van der Waals surface area contributed by atoms with Crippen molar-refractivity contribution in [2.45, 2.75) is 6.92 Å². The molecule has 1 aromatic heterocycles. The molecule has 1 aliphatic heterocycles. The minimum absolute atomic E-state index is 0.0844. The number of benzene rings is 1. The third-order valence-corrected chi connectivity index (χ3v) is 3.81. The second kappa shape index (κ2) is 8.39. The number of ether oxygens (including phenoxy) is 2. The maximum absolute atomic E-state index is 12.3. The third kappa shape index (κ3) is 4.64. The number of morpholine rings is 1. The molecule has 6 heteroatoms. The molecular weight excluding hydrogens is 318 g/mol. The summed E-state index contributed by atoms with van der Waals surface area (Å²) in [6.07, 6.45) is 6.69. The molecule has 1 aliphatic rings. The summed E-state index contributed by atoms with van der Waals surface area (Å²) >= 11 is 0. The fourth-order valence-electron chi connectivity index (χ4n) is 2.52. The van der Waals surface area contributed by atoms with Crippen molar-refractivity contribution in [3.8, 4) is 5.75 Å². The van der Waals surface area contributed by atoms with Gasteiger partial charge in [0.2, 0.25) is 5.95 Å². The van der Waals surface area contributed by atoms with E-state index in [1.807, 2.05) is 19.1 Å². The largest absolute Gasteiger partial charge is 0.494 e. The summed E-state index contributed by atoms with van der Waals surface area (Å²) in [5, 5.41) is 0. The van der Waals surface area contributed by atoms with Crippen LogP contribution < -0.4 is 9.64 Å². The number of nitrogens with zero attached hydrogens (tertiary/aromatic N) is 3. The summed E-state index contributed by atoms with van der Waals surface area (Å²) in [5.41, 5.74) is 1.37. The maximum atomic E-state index is 12.3. The zero-order valence-corrected chi connectivity index (χ0v) is 14.2. The van der Waals surface area contributed by atoms with Gasteiger partial charge in [0.1, 0.15) is 5.75 Å². The van der Waals surface area contributed by atoms with Crippen LogP contribution in [0.5, 0.6) is 5.75 Å². The van der Waals surface area contributed by atoms with Crippen LogP contribution in [0.25, 0.3) is 6.08 Å². The summed E-state index contributed by atoms with van der Waals surface area (Å²) < 4.78 is 10.7. The Kier molecular flexibility index (Phi) is 5.74. The van der Waals surface area contributed by atoms with Crippen LogP contribution in [0.4, 0.5) is 5.95 Å². The van der Waals surface area contributed by atoms with Gasteiger partial charge in [-0.1, -0.05) is 12.1 Å². The van der Waals surface area contributed by atoms with Gasteiger partial charge < -0.3 is 14.4 Å². The fraction of sp³-hybridized carbons (Fsp3) is 0.316. The normalized spacial score (nSPS) is 14.7. The molecule has 130 valence electrons. The fourth-order valence-corrected chi connectivity index (χ4v) is 2.52. The van der Waals surface area contributed by atoms with Crippen molar-refractivity contribution in [2.75, 3.05) is 37.8 Å². The molecule has 1 saturated heterocycles. The van der Waals surface area contributed by atoms with Crippen LogP contribution in [0, 0.1) is 0 Å². The molecule has 2 aromatic rings. The summed E-state index contributed by atoms with van der Waals surface area (Å²) in [6.45, 7) is 5.46. The van der Waals surface area contributed by atoms with Gasteiger partial charge in [-0.05, 0) is 31.2 Å². The maximum Gasteiger partial charge on any atom is 0.225 e. The van der Waals surface area contributed by atoms with E-state index in [4.69, 9.17) is 9.47 Å². The van der Waals surface area contributed by atoms with Gasteiger partial charge in [-0.3, -0.25) is 4.79 Å². The van der Waals surface area contributed by atoms with E-state index in [1.54, 1.807) is 30.6 Å². The van der Waals surface area contributed by atoms with Crippen LogP contribution in [0.1, 0.15) is 22.8 Å². The third-order valence-electron chi connectivity index (χ3n) is 3.81. The summed E-state index contributed by atoms with van der Waals surface area (Å²) in [5.74, 6) is 1.30. The standard InChI is InChI=1S/C19H21N3O3/c1-2-25-17-5-3-4-16(12-17)18(23)7-6-15-13-20-19(21-14-15)22-8-10-24-11-9-22/h3-7,12-14H,2,8-11H2,1H3/b7-6+. The highest BCUT2D eigenvalue weighted by Crippen LogP contribution is 2.15. The van der Waals surface area contributed by atoms with Crippen molar-refractivity contribution < 1.29 is 14.3 Å². The van der Waals surface area contributed by atoms with Gasteiger partial charge in [-0.2, -0.15) is 0 Å². The lowest BCUT2D eigenvalue weighted by Gasteiger charge is -2.26. The van der Waals surface area contributed by atoms with Gasteiger partial charge in [0, 0.05) is 36.6 Å².